The van der Waals surface area contributed by atoms with Crippen LogP contribution in [0.1, 0.15) is 25.3 Å². The summed E-state index contributed by atoms with van der Waals surface area (Å²) in [6.07, 6.45) is 0. The van der Waals surface area contributed by atoms with E-state index in [0.29, 0.717) is 5.56 Å². The summed E-state index contributed by atoms with van der Waals surface area (Å²) in [4.78, 5) is 33.4. The molecule has 0 bridgehead atoms. The highest BCUT2D eigenvalue weighted by molar-refractivity contribution is 6.02. The second kappa shape index (κ2) is 10.4. The molecule has 1 aromatic rings. The Hall–Kier alpha value is -3.57. The number of nitrogens with zero attached hydrogens (tertiary/aromatic N) is 4. The number of nitrogens with two attached hydrogens (primary N) is 1. The van der Waals surface area contributed by atoms with E-state index in [0.717, 1.165) is 0 Å². The second-order valence-corrected chi connectivity index (χ2v) is 5.35. The van der Waals surface area contributed by atoms with Crippen molar-refractivity contribution in [3.8, 4) is 0 Å². The average molecular weight is 380 g/mol. The molecular weight excluding hydrogens is 360 g/mol. The number of hydrazone groups is 2. The van der Waals surface area contributed by atoms with Gasteiger partial charge < -0.3 is 10.5 Å². The molecule has 0 radical (unpaired) electrons. The zero-order valence-electron chi connectivity index (χ0n) is 14.8. The van der Waals surface area contributed by atoms with E-state index in [4.69, 9.17) is 10.5 Å². The Morgan fingerprint density at radius 3 is 2.44 bits per heavy atom. The molecule has 1 aromatic carbocycles. The van der Waals surface area contributed by atoms with Crippen LogP contribution in [0.3, 0.4) is 0 Å². The smallest absolute Gasteiger partial charge is 0.315 e. The monoisotopic (exact) mass is 380 g/mol. The zero-order chi connectivity index (χ0) is 20.4. The highest BCUT2D eigenvalue weighted by Crippen LogP contribution is 2.27. The summed E-state index contributed by atoms with van der Waals surface area (Å²) >= 11 is 0. The molecule has 0 spiro atoms. The van der Waals surface area contributed by atoms with Gasteiger partial charge in [-0.15, -0.1) is 0 Å². The Morgan fingerprint density at radius 1 is 1.30 bits per heavy atom. The summed E-state index contributed by atoms with van der Waals surface area (Å²) in [5.41, 5.74) is 8.09. The molecule has 3 N–H and O–H groups in total. The maximum absolute atomic E-state index is 12.5. The fraction of sp³-hybridized carbons (Fsp3) is 0.400. The Morgan fingerprint density at radius 2 is 1.93 bits per heavy atom. The Labute approximate surface area is 154 Å². The molecule has 0 amide bonds. The number of hydrogen-bond acceptors (Lipinski definition) is 7. The van der Waals surface area contributed by atoms with E-state index in [1.54, 1.807) is 37.3 Å². The van der Waals surface area contributed by atoms with Crippen molar-refractivity contribution in [2.45, 2.75) is 19.8 Å². The first-order valence-electron chi connectivity index (χ1n) is 7.88. The predicted molar refractivity (Wildman–Crippen MR) is 96.0 cm³/mol. The van der Waals surface area contributed by atoms with E-state index in [1.165, 1.54) is 6.92 Å². The van der Waals surface area contributed by atoms with Crippen molar-refractivity contribution in [3.05, 3.63) is 56.1 Å². The highest BCUT2D eigenvalue weighted by atomic mass is 16.7. The van der Waals surface area contributed by atoms with Crippen LogP contribution in [0.25, 0.3) is 0 Å². The van der Waals surface area contributed by atoms with Gasteiger partial charge >= 0.3 is 5.97 Å². The van der Waals surface area contributed by atoms with Gasteiger partial charge in [0.15, 0.2) is 5.03 Å². The van der Waals surface area contributed by atoms with E-state index in [-0.39, 0.29) is 12.3 Å². The fourth-order valence-electron chi connectivity index (χ4n) is 2.45. The third-order valence-corrected chi connectivity index (χ3v) is 3.50. The van der Waals surface area contributed by atoms with Gasteiger partial charge in [0.05, 0.1) is 18.2 Å². The van der Waals surface area contributed by atoms with E-state index in [2.05, 4.69) is 15.6 Å². The van der Waals surface area contributed by atoms with Crippen molar-refractivity contribution in [1.29, 1.82) is 0 Å². The lowest BCUT2D eigenvalue weighted by molar-refractivity contribution is -0.485. The average Bonchev–Trinajstić information content (AvgIpc) is 2.59. The molecule has 0 saturated heterocycles. The third kappa shape index (κ3) is 7.05. The maximum atomic E-state index is 12.5. The van der Waals surface area contributed by atoms with Gasteiger partial charge in [0, 0.05) is 4.92 Å². The molecule has 0 saturated carbocycles. The number of benzene rings is 1. The van der Waals surface area contributed by atoms with Crippen molar-refractivity contribution in [1.82, 2.24) is 5.43 Å². The Balaban J connectivity index is 3.28. The number of nitrogens with one attached hydrogen (secondary N) is 1. The standard InChI is InChI=1S/C15H20N6O6/c1-3-27-14(22)13(10(2)17-18-15(16)19-21(25)26)12(9-20(23)24)11-7-5-4-6-8-11/h4-8,12-13H,3,9H2,1-2H3,(H3,16,18,19)/b17-10+. The minimum Gasteiger partial charge on any atom is -0.465 e. The summed E-state index contributed by atoms with van der Waals surface area (Å²) in [5.74, 6) is -3.28. The molecule has 0 aliphatic heterocycles. The largest absolute Gasteiger partial charge is 0.465 e. The van der Waals surface area contributed by atoms with Gasteiger partial charge in [-0.25, -0.2) is 15.5 Å². The van der Waals surface area contributed by atoms with Crippen molar-refractivity contribution >= 4 is 17.6 Å². The summed E-state index contributed by atoms with van der Waals surface area (Å²) in [6.45, 7) is 2.57. The molecule has 146 valence electrons. The Kier molecular flexibility index (Phi) is 8.29. The van der Waals surface area contributed by atoms with Crippen LogP contribution < -0.4 is 11.2 Å². The number of hydrogen-bond donors (Lipinski definition) is 2. The minimum atomic E-state index is -1.10. The first-order chi connectivity index (χ1) is 12.8. The van der Waals surface area contributed by atoms with Crippen LogP contribution in [-0.2, 0) is 9.53 Å². The number of esters is 1. The Bertz CT molecular complexity index is 736. The minimum absolute atomic E-state index is 0.0704. The molecular formula is C15H20N6O6. The van der Waals surface area contributed by atoms with Crippen LogP contribution in [0.5, 0.6) is 0 Å². The number of guanidine groups is 1. The van der Waals surface area contributed by atoms with Crippen molar-refractivity contribution < 1.29 is 19.5 Å². The third-order valence-electron chi connectivity index (χ3n) is 3.50. The maximum Gasteiger partial charge on any atom is 0.315 e. The van der Waals surface area contributed by atoms with Gasteiger partial charge in [-0.3, -0.25) is 14.9 Å². The summed E-state index contributed by atoms with van der Waals surface area (Å²) in [5, 5.41) is 27.1. The molecule has 1 rings (SSSR count). The molecule has 27 heavy (non-hydrogen) atoms. The van der Waals surface area contributed by atoms with Crippen molar-refractivity contribution in [2.24, 2.45) is 21.9 Å². The van der Waals surface area contributed by atoms with Crippen LogP contribution in [-0.4, -0.2) is 40.7 Å². The van der Waals surface area contributed by atoms with Gasteiger partial charge in [0.2, 0.25) is 6.54 Å². The van der Waals surface area contributed by atoms with Crippen molar-refractivity contribution in [2.75, 3.05) is 13.2 Å². The molecule has 2 unspecified atom stereocenters. The number of nitro groups is 2. The van der Waals surface area contributed by atoms with E-state index in [9.17, 15) is 25.0 Å². The molecule has 0 aliphatic carbocycles. The van der Waals surface area contributed by atoms with Crippen molar-refractivity contribution in [3.63, 3.8) is 0 Å². The lowest BCUT2D eigenvalue weighted by atomic mass is 9.83. The fourth-order valence-corrected chi connectivity index (χ4v) is 2.45. The van der Waals surface area contributed by atoms with E-state index in [1.807, 2.05) is 0 Å². The van der Waals surface area contributed by atoms with E-state index >= 15 is 0 Å². The molecule has 0 aromatic heterocycles. The van der Waals surface area contributed by atoms with Gasteiger partial charge in [-0.05, 0) is 19.4 Å². The van der Waals surface area contributed by atoms with E-state index < -0.39 is 40.3 Å². The van der Waals surface area contributed by atoms with Gasteiger partial charge in [-0.1, -0.05) is 30.3 Å². The summed E-state index contributed by atoms with van der Waals surface area (Å²) < 4.78 is 5.04. The molecule has 0 fully saturated rings. The summed E-state index contributed by atoms with van der Waals surface area (Å²) in [7, 11) is 0. The van der Waals surface area contributed by atoms with Gasteiger partial charge in [0.1, 0.15) is 11.0 Å². The number of rotatable bonds is 9. The quantitative estimate of drug-likeness (QED) is 0.207. The first kappa shape index (κ1) is 21.5. The normalized spacial score (nSPS) is 14.1. The van der Waals surface area contributed by atoms with Crippen LogP contribution in [0.15, 0.2) is 40.5 Å². The highest BCUT2D eigenvalue weighted by Gasteiger charge is 2.37. The summed E-state index contributed by atoms with van der Waals surface area (Å²) in [6, 6.07) is 8.44. The lowest BCUT2D eigenvalue weighted by Crippen LogP contribution is -2.36. The molecule has 12 nitrogen and oxygen atoms in total. The molecule has 0 heterocycles. The number of carbonyl (C=O) groups excluding carboxylic acids is 1. The van der Waals surface area contributed by atoms with Gasteiger partial charge in [-0.2, -0.15) is 5.10 Å². The molecule has 0 aliphatic rings. The van der Waals surface area contributed by atoms with Crippen LogP contribution in [0, 0.1) is 26.1 Å². The predicted octanol–water partition coefficient (Wildman–Crippen LogP) is 0.698. The number of ether oxygens (including phenoxy) is 1. The SMILES string of the molecule is CCOC(=O)C(/C(C)=N/N/C(N)=N\[N+](=O)[O-])C(C[N+](=O)[O-])c1ccccc1. The van der Waals surface area contributed by atoms with Crippen LogP contribution >= 0.6 is 0 Å². The first-order valence-corrected chi connectivity index (χ1v) is 7.88. The van der Waals surface area contributed by atoms with Crippen LogP contribution in [0.2, 0.25) is 0 Å². The topological polar surface area (TPSA) is 175 Å². The number of carbonyl (C=O) groups is 1. The zero-order valence-corrected chi connectivity index (χ0v) is 14.8. The van der Waals surface area contributed by atoms with Gasteiger partial charge in [0.25, 0.3) is 5.96 Å². The lowest BCUT2D eigenvalue weighted by Gasteiger charge is -2.23. The molecule has 2 atom stereocenters. The molecule has 12 heteroatoms. The van der Waals surface area contributed by atoms with Crippen LogP contribution in [0.4, 0.5) is 0 Å². The second-order valence-electron chi connectivity index (χ2n) is 5.35.